The minimum Gasteiger partial charge on any atom is -0.504 e. The highest BCUT2D eigenvalue weighted by atomic mass is 79.9. The second-order valence-corrected chi connectivity index (χ2v) is 7.70. The van der Waals surface area contributed by atoms with Crippen LogP contribution in [0, 0.1) is 11.8 Å². The van der Waals surface area contributed by atoms with Crippen molar-refractivity contribution in [3.63, 3.8) is 0 Å². The van der Waals surface area contributed by atoms with Crippen LogP contribution in [0.25, 0.3) is 0 Å². The summed E-state index contributed by atoms with van der Waals surface area (Å²) >= 11 is 0. The summed E-state index contributed by atoms with van der Waals surface area (Å²) in [4.78, 5) is 0. The van der Waals surface area contributed by atoms with Crippen LogP contribution >= 0.6 is 34.0 Å². The zero-order valence-corrected chi connectivity index (χ0v) is 23.4. The van der Waals surface area contributed by atoms with E-state index in [0.717, 1.165) is 74.1 Å². The molecule has 190 valence electrons. The van der Waals surface area contributed by atoms with Gasteiger partial charge in [0.05, 0.1) is 0 Å². The lowest BCUT2D eigenvalue weighted by Gasteiger charge is -2.11. The molecule has 0 unspecified atom stereocenters. The molecular formula is C26H38Br2N2O4. The quantitative estimate of drug-likeness (QED) is 0.121. The lowest BCUT2D eigenvalue weighted by atomic mass is 10.0. The molecule has 34 heavy (non-hydrogen) atoms. The maximum atomic E-state index is 9.95. The van der Waals surface area contributed by atoms with Gasteiger partial charge in [0.25, 0.3) is 0 Å². The van der Waals surface area contributed by atoms with Gasteiger partial charge in [-0.2, -0.15) is 0 Å². The van der Waals surface area contributed by atoms with Gasteiger partial charge in [-0.25, -0.2) is 0 Å². The van der Waals surface area contributed by atoms with Gasteiger partial charge in [0.2, 0.25) is 0 Å². The molecule has 0 spiro atoms. The van der Waals surface area contributed by atoms with Gasteiger partial charge >= 0.3 is 0 Å². The van der Waals surface area contributed by atoms with Crippen LogP contribution in [0.5, 0.6) is 23.0 Å². The average Bonchev–Trinajstić information content (AvgIpc) is 2.79. The number of nitrogens with one attached hydrogen (secondary N) is 2. The normalized spacial score (nSPS) is 10.1. The van der Waals surface area contributed by atoms with Crippen LogP contribution in [0.2, 0.25) is 0 Å². The molecule has 0 bridgehead atoms. The number of phenols is 4. The predicted molar refractivity (Wildman–Crippen MR) is 149 cm³/mol. The summed E-state index contributed by atoms with van der Waals surface area (Å²) in [6, 6.07) is 6.83. The molecule has 0 radical (unpaired) electrons. The zero-order valence-electron chi connectivity index (χ0n) is 20.0. The Morgan fingerprint density at radius 1 is 0.618 bits per heavy atom. The zero-order chi connectivity index (χ0) is 23.3. The molecule has 0 amide bonds. The SMILES string of the molecule is Br.Br.CCc1c(CCNCCC#CCCNCCc2ccc(O)c(O)c2CC)ccc(O)c1O. The van der Waals surface area contributed by atoms with E-state index < -0.39 is 0 Å². The number of phenolic OH excluding ortho intramolecular Hbond substituents is 4. The first-order valence-corrected chi connectivity index (χ1v) is 11.4. The lowest BCUT2D eigenvalue weighted by Crippen LogP contribution is -2.19. The molecule has 8 heteroatoms. The van der Waals surface area contributed by atoms with Gasteiger partial charge in [-0.1, -0.05) is 26.0 Å². The third kappa shape index (κ3) is 9.75. The molecule has 0 saturated carbocycles. The summed E-state index contributed by atoms with van der Waals surface area (Å²) in [6.07, 6.45) is 4.54. The molecule has 6 N–H and O–H groups in total. The minimum atomic E-state index is -0.0614. The van der Waals surface area contributed by atoms with Crippen molar-refractivity contribution < 1.29 is 20.4 Å². The lowest BCUT2D eigenvalue weighted by molar-refractivity contribution is 0.399. The first-order valence-electron chi connectivity index (χ1n) is 11.4. The molecule has 0 heterocycles. The van der Waals surface area contributed by atoms with E-state index in [1.807, 2.05) is 26.0 Å². The smallest absolute Gasteiger partial charge is 0.160 e. The Hall–Kier alpha value is -1.92. The van der Waals surface area contributed by atoms with Crippen molar-refractivity contribution in [3.05, 3.63) is 46.5 Å². The maximum absolute atomic E-state index is 9.95. The summed E-state index contributed by atoms with van der Waals surface area (Å²) in [5, 5.41) is 45.8. The Morgan fingerprint density at radius 2 is 1.00 bits per heavy atom. The summed E-state index contributed by atoms with van der Waals surface area (Å²) in [5.74, 6) is 6.23. The Labute approximate surface area is 224 Å². The van der Waals surface area contributed by atoms with Crippen LogP contribution in [0.4, 0.5) is 0 Å². The van der Waals surface area contributed by atoms with E-state index in [-0.39, 0.29) is 57.0 Å². The summed E-state index contributed by atoms with van der Waals surface area (Å²) < 4.78 is 0. The molecule has 0 aliphatic rings. The van der Waals surface area contributed by atoms with Crippen LogP contribution in [-0.2, 0) is 25.7 Å². The summed E-state index contributed by atoms with van der Waals surface area (Å²) in [7, 11) is 0. The fraction of sp³-hybridized carbons (Fsp3) is 0.462. The number of hydrogen-bond donors (Lipinski definition) is 6. The van der Waals surface area contributed by atoms with Crippen LogP contribution in [-0.4, -0.2) is 46.6 Å². The highest BCUT2D eigenvalue weighted by molar-refractivity contribution is 8.93. The fourth-order valence-electron chi connectivity index (χ4n) is 3.76. The molecular weight excluding hydrogens is 564 g/mol. The highest BCUT2D eigenvalue weighted by Gasteiger charge is 2.11. The predicted octanol–water partition coefficient (Wildman–Crippen LogP) is 4.54. The molecule has 0 aliphatic heterocycles. The third-order valence-corrected chi connectivity index (χ3v) is 5.54. The van der Waals surface area contributed by atoms with Crippen LogP contribution in [0.3, 0.4) is 0 Å². The topological polar surface area (TPSA) is 105 Å². The fourth-order valence-corrected chi connectivity index (χ4v) is 3.76. The first kappa shape index (κ1) is 32.1. The Kier molecular flexibility index (Phi) is 16.5. The first-order chi connectivity index (χ1) is 15.5. The van der Waals surface area contributed by atoms with Gasteiger partial charge < -0.3 is 31.1 Å². The van der Waals surface area contributed by atoms with E-state index in [4.69, 9.17) is 0 Å². The number of aromatic hydroxyl groups is 4. The van der Waals surface area contributed by atoms with E-state index in [1.165, 1.54) is 0 Å². The summed E-state index contributed by atoms with van der Waals surface area (Å²) in [5.41, 5.74) is 3.74. The second-order valence-electron chi connectivity index (χ2n) is 7.70. The highest BCUT2D eigenvalue weighted by Crippen LogP contribution is 2.32. The van der Waals surface area contributed by atoms with Gasteiger partial charge in [0.15, 0.2) is 23.0 Å². The van der Waals surface area contributed by atoms with Crippen LogP contribution in [0.1, 0.15) is 48.9 Å². The van der Waals surface area contributed by atoms with Crippen molar-refractivity contribution in [2.45, 2.75) is 52.4 Å². The Bertz CT molecular complexity index is 869. The standard InChI is InChI=1S/C26H36N2O4.2BrH/c1-3-21-19(9-11-23(29)25(21)31)13-17-27-15-7-5-6-8-16-28-18-14-20-10-12-24(30)26(32)22(20)4-2;;/h9-12,27-32H,3-4,7-8,13-18H2,1-2H3;2*1H. The van der Waals surface area contributed by atoms with Gasteiger partial charge in [-0.3, -0.25) is 0 Å². The van der Waals surface area contributed by atoms with Gasteiger partial charge in [-0.05, 0) is 62.0 Å². The van der Waals surface area contributed by atoms with Crippen molar-refractivity contribution in [1.82, 2.24) is 10.6 Å². The largest absolute Gasteiger partial charge is 0.504 e. The molecule has 0 aromatic heterocycles. The van der Waals surface area contributed by atoms with Crippen molar-refractivity contribution >= 4 is 34.0 Å². The van der Waals surface area contributed by atoms with Gasteiger partial charge in [0, 0.05) is 37.1 Å². The monoisotopic (exact) mass is 600 g/mol. The molecule has 6 nitrogen and oxygen atoms in total. The van der Waals surface area contributed by atoms with E-state index in [2.05, 4.69) is 22.5 Å². The minimum absolute atomic E-state index is 0. The molecule has 0 aliphatic carbocycles. The summed E-state index contributed by atoms with van der Waals surface area (Å²) in [6.45, 7) is 7.17. The van der Waals surface area contributed by atoms with Gasteiger partial charge in [-0.15, -0.1) is 45.8 Å². The molecule has 2 aromatic rings. The molecule has 2 rings (SSSR count). The van der Waals surface area contributed by atoms with Crippen molar-refractivity contribution in [3.8, 4) is 34.8 Å². The molecule has 0 fully saturated rings. The van der Waals surface area contributed by atoms with E-state index in [9.17, 15) is 20.4 Å². The average molecular weight is 602 g/mol. The second kappa shape index (κ2) is 17.5. The van der Waals surface area contributed by atoms with Crippen molar-refractivity contribution in [1.29, 1.82) is 0 Å². The Morgan fingerprint density at radius 3 is 1.35 bits per heavy atom. The molecule has 0 saturated heterocycles. The Balaban J connectivity index is 0.00000544. The van der Waals surface area contributed by atoms with E-state index in [1.54, 1.807) is 12.1 Å². The molecule has 0 atom stereocenters. The van der Waals surface area contributed by atoms with E-state index >= 15 is 0 Å². The number of halogens is 2. The number of hydrogen-bond acceptors (Lipinski definition) is 6. The van der Waals surface area contributed by atoms with Crippen molar-refractivity contribution in [2.75, 3.05) is 26.2 Å². The van der Waals surface area contributed by atoms with E-state index in [0.29, 0.717) is 12.8 Å². The van der Waals surface area contributed by atoms with Crippen molar-refractivity contribution in [2.24, 2.45) is 0 Å². The maximum Gasteiger partial charge on any atom is 0.160 e. The number of rotatable bonds is 12. The third-order valence-electron chi connectivity index (χ3n) is 5.54. The number of benzene rings is 2. The molecule has 2 aromatic carbocycles. The van der Waals surface area contributed by atoms with Crippen LogP contribution in [0.15, 0.2) is 24.3 Å². The van der Waals surface area contributed by atoms with Crippen LogP contribution < -0.4 is 10.6 Å². The van der Waals surface area contributed by atoms with Gasteiger partial charge in [0.1, 0.15) is 0 Å².